The topological polar surface area (TPSA) is 60.4 Å². The van der Waals surface area contributed by atoms with Crippen LogP contribution in [0.1, 0.15) is 23.6 Å². The van der Waals surface area contributed by atoms with Gasteiger partial charge in [-0.3, -0.25) is 4.79 Å². The average Bonchev–Trinajstić information content (AvgIpc) is 2.86. The van der Waals surface area contributed by atoms with Crippen LogP contribution < -0.4 is 5.11 Å². The predicted octanol–water partition coefficient (Wildman–Crippen LogP) is 1.53. The quantitative estimate of drug-likeness (QED) is 0.859. The van der Waals surface area contributed by atoms with Crippen molar-refractivity contribution in [2.45, 2.75) is 19.0 Å². The maximum absolute atomic E-state index is 12.3. The molecule has 0 radical (unpaired) electrons. The molecule has 2 aromatic carbocycles. The second kappa shape index (κ2) is 6.02. The molecule has 0 bridgehead atoms. The third kappa shape index (κ3) is 2.72. The van der Waals surface area contributed by atoms with Crippen LogP contribution in [0, 0.1) is 5.92 Å². The normalized spacial score (nSPS) is 21.1. The van der Waals surface area contributed by atoms with Crippen molar-refractivity contribution in [2.24, 2.45) is 5.92 Å². The number of carbonyl (C=O) groups is 2. The Morgan fingerprint density at radius 3 is 2.23 bits per heavy atom. The highest BCUT2D eigenvalue weighted by Crippen LogP contribution is 2.38. The van der Waals surface area contributed by atoms with Crippen molar-refractivity contribution in [3.8, 4) is 0 Å². The van der Waals surface area contributed by atoms with Crippen LogP contribution in [-0.4, -0.2) is 16.8 Å². The van der Waals surface area contributed by atoms with Gasteiger partial charge in [-0.1, -0.05) is 60.7 Å². The van der Waals surface area contributed by atoms with Crippen molar-refractivity contribution >= 4 is 11.9 Å². The molecule has 0 N–H and O–H groups in total. The van der Waals surface area contributed by atoms with Crippen molar-refractivity contribution in [1.82, 2.24) is 4.90 Å². The lowest BCUT2D eigenvalue weighted by Gasteiger charge is -2.29. The SMILES string of the molecule is O=C([O-])[C@H]1CC(=O)N(Cc2ccccc2)[C@@H]1c1ccccc1. The van der Waals surface area contributed by atoms with Crippen molar-refractivity contribution < 1.29 is 14.7 Å². The predicted molar refractivity (Wildman–Crippen MR) is 79.3 cm³/mol. The van der Waals surface area contributed by atoms with Gasteiger partial charge in [0.1, 0.15) is 0 Å². The third-order valence-electron chi connectivity index (χ3n) is 4.07. The zero-order valence-corrected chi connectivity index (χ0v) is 12.0. The number of carbonyl (C=O) groups excluding carboxylic acids is 2. The van der Waals surface area contributed by atoms with Crippen LogP contribution in [0.25, 0.3) is 0 Å². The fourth-order valence-electron chi connectivity index (χ4n) is 3.03. The highest BCUT2D eigenvalue weighted by Gasteiger charge is 2.41. The molecule has 1 saturated heterocycles. The summed E-state index contributed by atoms with van der Waals surface area (Å²) in [5, 5.41) is 11.4. The molecule has 1 aliphatic heterocycles. The Bertz CT molecular complexity index is 669. The van der Waals surface area contributed by atoms with E-state index in [4.69, 9.17) is 0 Å². The fraction of sp³-hybridized carbons (Fsp3) is 0.222. The summed E-state index contributed by atoms with van der Waals surface area (Å²) in [5.41, 5.74) is 1.81. The number of aliphatic carboxylic acids is 1. The summed E-state index contributed by atoms with van der Waals surface area (Å²) in [4.78, 5) is 25.4. The summed E-state index contributed by atoms with van der Waals surface area (Å²) in [6.07, 6.45) is -0.00523. The summed E-state index contributed by atoms with van der Waals surface area (Å²) in [7, 11) is 0. The highest BCUT2D eigenvalue weighted by molar-refractivity contribution is 5.86. The Kier molecular flexibility index (Phi) is 3.92. The van der Waals surface area contributed by atoms with Gasteiger partial charge in [-0.15, -0.1) is 0 Å². The molecule has 1 amide bonds. The number of hydrogen-bond donors (Lipinski definition) is 0. The first-order valence-corrected chi connectivity index (χ1v) is 7.26. The minimum absolute atomic E-state index is 0.00523. The molecule has 0 aromatic heterocycles. The Hall–Kier alpha value is -2.62. The van der Waals surface area contributed by atoms with E-state index in [-0.39, 0.29) is 12.3 Å². The molecule has 4 nitrogen and oxygen atoms in total. The first-order chi connectivity index (χ1) is 10.7. The van der Waals surface area contributed by atoms with E-state index in [1.165, 1.54) is 0 Å². The second-order valence-electron chi connectivity index (χ2n) is 5.49. The number of benzene rings is 2. The lowest BCUT2D eigenvalue weighted by atomic mass is 9.93. The van der Waals surface area contributed by atoms with Crippen LogP contribution >= 0.6 is 0 Å². The molecule has 4 heteroatoms. The summed E-state index contributed by atoms with van der Waals surface area (Å²) < 4.78 is 0. The average molecular weight is 294 g/mol. The fourth-order valence-corrected chi connectivity index (χ4v) is 3.03. The Morgan fingerprint density at radius 1 is 1.05 bits per heavy atom. The maximum atomic E-state index is 12.3. The number of likely N-dealkylation sites (tertiary alicyclic amines) is 1. The molecule has 22 heavy (non-hydrogen) atoms. The van der Waals surface area contributed by atoms with E-state index in [0.717, 1.165) is 11.1 Å². The number of hydrogen-bond acceptors (Lipinski definition) is 3. The van der Waals surface area contributed by atoms with Crippen LogP contribution in [0.15, 0.2) is 60.7 Å². The summed E-state index contributed by atoms with van der Waals surface area (Å²) >= 11 is 0. The van der Waals surface area contributed by atoms with Crippen molar-refractivity contribution in [1.29, 1.82) is 0 Å². The lowest BCUT2D eigenvalue weighted by molar-refractivity contribution is -0.312. The number of nitrogens with zero attached hydrogens (tertiary/aromatic N) is 1. The molecule has 0 unspecified atom stereocenters. The third-order valence-corrected chi connectivity index (χ3v) is 4.07. The molecule has 1 aliphatic rings. The van der Waals surface area contributed by atoms with Gasteiger partial charge < -0.3 is 14.8 Å². The van der Waals surface area contributed by atoms with E-state index in [1.54, 1.807) is 4.90 Å². The van der Waals surface area contributed by atoms with Gasteiger partial charge >= 0.3 is 0 Å². The van der Waals surface area contributed by atoms with Gasteiger partial charge in [0.15, 0.2) is 0 Å². The number of carboxylic acid groups (broad SMARTS) is 1. The van der Waals surface area contributed by atoms with Crippen molar-refractivity contribution in [2.75, 3.05) is 0 Å². The van der Waals surface area contributed by atoms with Gasteiger partial charge in [0.25, 0.3) is 0 Å². The summed E-state index contributed by atoms with van der Waals surface area (Å²) in [5.74, 6) is -2.12. The maximum Gasteiger partial charge on any atom is 0.224 e. The Labute approximate surface area is 129 Å². The van der Waals surface area contributed by atoms with E-state index in [2.05, 4.69) is 0 Å². The zero-order chi connectivity index (χ0) is 15.5. The molecule has 1 heterocycles. The molecule has 1 fully saturated rings. The van der Waals surface area contributed by atoms with Crippen molar-refractivity contribution in [3.05, 3.63) is 71.8 Å². The largest absolute Gasteiger partial charge is 0.550 e. The first-order valence-electron chi connectivity index (χ1n) is 7.26. The van der Waals surface area contributed by atoms with E-state index in [0.29, 0.717) is 6.54 Å². The molecular formula is C18H16NO3-. The zero-order valence-electron chi connectivity index (χ0n) is 12.0. The molecule has 3 rings (SSSR count). The molecule has 0 saturated carbocycles. The minimum atomic E-state index is -1.17. The summed E-state index contributed by atoms with van der Waals surface area (Å²) in [6, 6.07) is 18.4. The Morgan fingerprint density at radius 2 is 1.64 bits per heavy atom. The smallest absolute Gasteiger partial charge is 0.224 e. The molecular weight excluding hydrogens is 278 g/mol. The van der Waals surface area contributed by atoms with Crippen LogP contribution in [0.4, 0.5) is 0 Å². The van der Waals surface area contributed by atoms with Crippen LogP contribution in [0.5, 0.6) is 0 Å². The highest BCUT2D eigenvalue weighted by atomic mass is 16.4. The monoisotopic (exact) mass is 294 g/mol. The standard InChI is InChI=1S/C18H17NO3/c20-16-11-15(18(21)22)17(14-9-5-2-6-10-14)19(16)12-13-7-3-1-4-8-13/h1-10,15,17H,11-12H2,(H,21,22)/p-1/t15-,17+/m0/s1. The van der Waals surface area contributed by atoms with Gasteiger partial charge in [0.05, 0.1) is 6.04 Å². The number of carboxylic acids is 1. The van der Waals surface area contributed by atoms with E-state index >= 15 is 0 Å². The van der Waals surface area contributed by atoms with Gasteiger partial charge in [0, 0.05) is 24.9 Å². The minimum Gasteiger partial charge on any atom is -0.550 e. The second-order valence-corrected chi connectivity index (χ2v) is 5.49. The van der Waals surface area contributed by atoms with Gasteiger partial charge in [0.2, 0.25) is 5.91 Å². The van der Waals surface area contributed by atoms with E-state index in [9.17, 15) is 14.7 Å². The van der Waals surface area contributed by atoms with Gasteiger partial charge in [-0.05, 0) is 11.1 Å². The van der Waals surface area contributed by atoms with Gasteiger partial charge in [-0.2, -0.15) is 0 Å². The van der Waals surface area contributed by atoms with E-state index < -0.39 is 17.9 Å². The van der Waals surface area contributed by atoms with Gasteiger partial charge in [-0.25, -0.2) is 0 Å². The molecule has 2 aromatic rings. The lowest BCUT2D eigenvalue weighted by Crippen LogP contribution is -2.36. The van der Waals surface area contributed by atoms with E-state index in [1.807, 2.05) is 60.7 Å². The first kappa shape index (κ1) is 14.3. The molecule has 112 valence electrons. The van der Waals surface area contributed by atoms with Crippen LogP contribution in [0.2, 0.25) is 0 Å². The summed E-state index contributed by atoms with van der Waals surface area (Å²) in [6.45, 7) is 0.406. The number of rotatable bonds is 4. The van der Waals surface area contributed by atoms with Crippen LogP contribution in [-0.2, 0) is 16.1 Å². The Balaban J connectivity index is 1.95. The number of amides is 1. The van der Waals surface area contributed by atoms with Crippen molar-refractivity contribution in [3.63, 3.8) is 0 Å². The van der Waals surface area contributed by atoms with Crippen LogP contribution in [0.3, 0.4) is 0 Å². The molecule has 0 spiro atoms. The molecule has 2 atom stereocenters. The molecule has 0 aliphatic carbocycles.